The van der Waals surface area contributed by atoms with E-state index in [-0.39, 0.29) is 11.3 Å². The van der Waals surface area contributed by atoms with Crippen LogP contribution in [-0.2, 0) is 0 Å². The van der Waals surface area contributed by atoms with Crippen molar-refractivity contribution in [1.29, 1.82) is 0 Å². The van der Waals surface area contributed by atoms with Crippen LogP contribution < -0.4 is 5.73 Å². The number of rotatable bonds is 5. The van der Waals surface area contributed by atoms with Crippen LogP contribution in [0.3, 0.4) is 0 Å². The fourth-order valence-corrected chi connectivity index (χ4v) is 4.78. The minimum absolute atomic E-state index is 0.145. The van der Waals surface area contributed by atoms with Gasteiger partial charge in [-0.1, -0.05) is 18.5 Å². The van der Waals surface area contributed by atoms with Crippen molar-refractivity contribution in [3.63, 3.8) is 0 Å². The molecule has 19 heavy (non-hydrogen) atoms. The first kappa shape index (κ1) is 15.4. The Balaban J connectivity index is 2.21. The van der Waals surface area contributed by atoms with Crippen LogP contribution in [0, 0.1) is 0 Å². The molecule has 5 heteroatoms. The second-order valence-corrected chi connectivity index (χ2v) is 7.74. The Labute approximate surface area is 135 Å². The van der Waals surface area contributed by atoms with Crippen LogP contribution in [0.5, 0.6) is 0 Å². The highest BCUT2D eigenvalue weighted by Crippen LogP contribution is 2.41. The minimum atomic E-state index is 0.145. The molecule has 0 bridgehead atoms. The standard InChI is InChI=1S/C14H15BrClNS2/c1-2-12(17)14(13-7-9(15)8-18-13)19-11-5-3-10(16)4-6-11/h3-8,12,14H,2,17H2,1H3. The maximum absolute atomic E-state index is 6.28. The fourth-order valence-electron chi connectivity index (χ4n) is 1.71. The molecule has 0 aliphatic carbocycles. The van der Waals surface area contributed by atoms with Gasteiger partial charge in [0.05, 0.1) is 5.25 Å². The van der Waals surface area contributed by atoms with Gasteiger partial charge in [-0.05, 0) is 52.7 Å². The van der Waals surface area contributed by atoms with Gasteiger partial charge in [-0.15, -0.1) is 23.1 Å². The van der Waals surface area contributed by atoms with E-state index >= 15 is 0 Å². The van der Waals surface area contributed by atoms with Crippen molar-refractivity contribution < 1.29 is 0 Å². The number of hydrogen-bond donors (Lipinski definition) is 1. The molecule has 1 aromatic carbocycles. The Bertz CT molecular complexity index is 526. The Morgan fingerprint density at radius 2 is 2.05 bits per heavy atom. The van der Waals surface area contributed by atoms with Crippen molar-refractivity contribution >= 4 is 50.6 Å². The molecule has 0 amide bonds. The van der Waals surface area contributed by atoms with Crippen LogP contribution in [0.25, 0.3) is 0 Å². The zero-order chi connectivity index (χ0) is 13.8. The first-order valence-electron chi connectivity index (χ1n) is 6.02. The van der Waals surface area contributed by atoms with E-state index in [0.717, 1.165) is 15.9 Å². The molecule has 2 rings (SSSR count). The van der Waals surface area contributed by atoms with E-state index in [1.54, 1.807) is 23.1 Å². The normalized spacial score (nSPS) is 14.3. The lowest BCUT2D eigenvalue weighted by atomic mass is 10.1. The van der Waals surface area contributed by atoms with Crippen molar-refractivity contribution in [2.45, 2.75) is 29.5 Å². The van der Waals surface area contributed by atoms with Crippen molar-refractivity contribution in [1.82, 2.24) is 0 Å². The number of nitrogens with two attached hydrogens (primary N) is 1. The van der Waals surface area contributed by atoms with Gasteiger partial charge in [0.15, 0.2) is 0 Å². The highest BCUT2D eigenvalue weighted by Gasteiger charge is 2.21. The Hall–Kier alpha value is -0.0000000000000000833. The van der Waals surface area contributed by atoms with E-state index in [0.29, 0.717) is 0 Å². The third-order valence-corrected chi connectivity index (χ3v) is 6.38. The molecule has 0 aliphatic rings. The number of thiophene rings is 1. The zero-order valence-corrected chi connectivity index (χ0v) is 14.5. The van der Waals surface area contributed by atoms with Crippen LogP contribution in [0.15, 0.2) is 45.1 Å². The molecule has 0 fully saturated rings. The van der Waals surface area contributed by atoms with E-state index < -0.39 is 0 Å². The summed E-state index contributed by atoms with van der Waals surface area (Å²) in [6.45, 7) is 2.13. The molecule has 1 aromatic heterocycles. The molecular formula is C14H15BrClNS2. The second kappa shape index (κ2) is 7.14. The van der Waals surface area contributed by atoms with Gasteiger partial charge in [-0.2, -0.15) is 0 Å². The lowest BCUT2D eigenvalue weighted by molar-refractivity contribution is 0.640. The largest absolute Gasteiger partial charge is 0.326 e. The molecule has 1 heterocycles. The molecule has 1 nitrogen and oxygen atoms in total. The third kappa shape index (κ3) is 4.23. The topological polar surface area (TPSA) is 26.0 Å². The number of halogens is 2. The number of thioether (sulfide) groups is 1. The maximum atomic E-state index is 6.28. The Morgan fingerprint density at radius 1 is 1.37 bits per heavy atom. The minimum Gasteiger partial charge on any atom is -0.326 e. The summed E-state index contributed by atoms with van der Waals surface area (Å²) in [5, 5.41) is 3.15. The lowest BCUT2D eigenvalue weighted by Gasteiger charge is -2.21. The van der Waals surface area contributed by atoms with Gasteiger partial charge >= 0.3 is 0 Å². The SMILES string of the molecule is CCC(N)C(Sc1ccc(Cl)cc1)c1cc(Br)cs1. The highest BCUT2D eigenvalue weighted by atomic mass is 79.9. The van der Waals surface area contributed by atoms with E-state index in [1.165, 1.54) is 9.77 Å². The number of hydrogen-bond acceptors (Lipinski definition) is 3. The molecule has 2 unspecified atom stereocenters. The highest BCUT2D eigenvalue weighted by molar-refractivity contribution is 9.10. The van der Waals surface area contributed by atoms with Crippen molar-refractivity contribution in [3.8, 4) is 0 Å². The van der Waals surface area contributed by atoms with Gasteiger partial charge in [0.2, 0.25) is 0 Å². The van der Waals surface area contributed by atoms with Crippen LogP contribution in [0.4, 0.5) is 0 Å². The Kier molecular flexibility index (Phi) is 5.78. The summed E-state index contributed by atoms with van der Waals surface area (Å²) in [5.41, 5.74) is 6.28. The molecule has 0 saturated carbocycles. The average Bonchev–Trinajstić information content (AvgIpc) is 2.83. The van der Waals surface area contributed by atoms with E-state index in [9.17, 15) is 0 Å². The van der Waals surface area contributed by atoms with Crippen molar-refractivity contribution in [2.75, 3.05) is 0 Å². The van der Waals surface area contributed by atoms with Crippen molar-refractivity contribution in [2.24, 2.45) is 5.73 Å². The van der Waals surface area contributed by atoms with Crippen LogP contribution in [-0.4, -0.2) is 6.04 Å². The molecule has 2 atom stereocenters. The predicted molar refractivity (Wildman–Crippen MR) is 90.3 cm³/mol. The fraction of sp³-hybridized carbons (Fsp3) is 0.286. The summed E-state index contributed by atoms with van der Waals surface area (Å²) in [6, 6.07) is 10.2. The summed E-state index contributed by atoms with van der Waals surface area (Å²) in [5.74, 6) is 0. The summed E-state index contributed by atoms with van der Waals surface area (Å²) >= 11 is 13.0. The average molecular weight is 377 g/mol. The molecule has 2 aromatic rings. The first-order valence-corrected chi connectivity index (χ1v) is 8.95. The summed E-state index contributed by atoms with van der Waals surface area (Å²) in [7, 11) is 0. The van der Waals surface area contributed by atoms with E-state index in [2.05, 4.69) is 34.3 Å². The van der Waals surface area contributed by atoms with Crippen molar-refractivity contribution in [3.05, 3.63) is 50.1 Å². The summed E-state index contributed by atoms with van der Waals surface area (Å²) in [6.07, 6.45) is 0.959. The van der Waals surface area contributed by atoms with Gasteiger partial charge in [-0.3, -0.25) is 0 Å². The molecule has 2 N–H and O–H groups in total. The maximum Gasteiger partial charge on any atom is 0.0589 e. The van der Waals surface area contributed by atoms with Gasteiger partial charge in [0.1, 0.15) is 0 Å². The van der Waals surface area contributed by atoms with Crippen LogP contribution >= 0.6 is 50.6 Å². The molecule has 102 valence electrons. The lowest BCUT2D eigenvalue weighted by Crippen LogP contribution is -2.25. The van der Waals surface area contributed by atoms with Crippen LogP contribution in [0.2, 0.25) is 5.02 Å². The molecule has 0 aliphatic heterocycles. The van der Waals surface area contributed by atoms with Gasteiger partial charge in [0, 0.05) is 30.7 Å². The summed E-state index contributed by atoms with van der Waals surface area (Å²) < 4.78 is 1.12. The third-order valence-electron chi connectivity index (χ3n) is 2.81. The quantitative estimate of drug-likeness (QED) is 0.674. The summed E-state index contributed by atoms with van der Waals surface area (Å²) in [4.78, 5) is 2.50. The van der Waals surface area contributed by atoms with Gasteiger partial charge in [0.25, 0.3) is 0 Å². The van der Waals surface area contributed by atoms with E-state index in [4.69, 9.17) is 17.3 Å². The smallest absolute Gasteiger partial charge is 0.0589 e. The number of benzene rings is 1. The molecular weight excluding hydrogens is 362 g/mol. The molecule has 0 radical (unpaired) electrons. The predicted octanol–water partition coefficient (Wildman–Crippen LogP) is 5.73. The van der Waals surface area contributed by atoms with Gasteiger partial charge < -0.3 is 5.73 Å². The molecule has 0 saturated heterocycles. The van der Waals surface area contributed by atoms with Crippen LogP contribution in [0.1, 0.15) is 23.5 Å². The monoisotopic (exact) mass is 375 g/mol. The molecule has 0 spiro atoms. The van der Waals surface area contributed by atoms with E-state index in [1.807, 2.05) is 24.3 Å². The van der Waals surface area contributed by atoms with Gasteiger partial charge in [-0.25, -0.2) is 0 Å². The Morgan fingerprint density at radius 3 is 2.58 bits per heavy atom. The second-order valence-electron chi connectivity index (χ2n) is 4.23. The first-order chi connectivity index (χ1) is 9.10. The zero-order valence-electron chi connectivity index (χ0n) is 10.5.